The first-order valence-electron chi connectivity index (χ1n) is 6.25. The first kappa shape index (κ1) is 13.8. The molecule has 2 amide bonds. The summed E-state index contributed by atoms with van der Waals surface area (Å²) in [6.45, 7) is 4.56. The number of nitrogens with zero attached hydrogens (tertiary/aromatic N) is 2. The van der Waals surface area contributed by atoms with Gasteiger partial charge in [0.05, 0.1) is 5.69 Å². The molecule has 6 heteroatoms. The highest BCUT2D eigenvalue weighted by atomic mass is 16.2. The molecule has 1 aromatic heterocycles. The van der Waals surface area contributed by atoms with Crippen molar-refractivity contribution in [3.8, 4) is 0 Å². The van der Waals surface area contributed by atoms with Crippen molar-refractivity contribution in [1.29, 1.82) is 0 Å². The summed E-state index contributed by atoms with van der Waals surface area (Å²) < 4.78 is 0. The lowest BCUT2D eigenvalue weighted by Gasteiger charge is -2.08. The molecule has 104 valence electrons. The fourth-order valence-electron chi connectivity index (χ4n) is 1.67. The fraction of sp³-hybridized carbons (Fsp3) is 0.214. The summed E-state index contributed by atoms with van der Waals surface area (Å²) in [6.07, 6.45) is 0. The van der Waals surface area contributed by atoms with E-state index in [4.69, 9.17) is 5.73 Å². The van der Waals surface area contributed by atoms with Crippen molar-refractivity contribution in [2.75, 3.05) is 10.6 Å². The van der Waals surface area contributed by atoms with Gasteiger partial charge >= 0.3 is 6.03 Å². The molecule has 0 aliphatic heterocycles. The molecule has 4 N–H and O–H groups in total. The predicted molar refractivity (Wildman–Crippen MR) is 78.5 cm³/mol. The molecule has 2 rings (SSSR count). The molecule has 0 spiro atoms. The topological polar surface area (TPSA) is 92.9 Å². The van der Waals surface area contributed by atoms with Crippen LogP contribution >= 0.6 is 0 Å². The number of nitrogens with one attached hydrogen (secondary N) is 2. The van der Waals surface area contributed by atoms with Crippen LogP contribution in [0.15, 0.2) is 30.3 Å². The molecule has 0 unspecified atom stereocenters. The molecule has 2 aromatic rings. The molecule has 0 aliphatic rings. The van der Waals surface area contributed by atoms with Gasteiger partial charge < -0.3 is 16.4 Å². The second-order valence-electron chi connectivity index (χ2n) is 4.54. The van der Waals surface area contributed by atoms with Crippen molar-refractivity contribution in [2.45, 2.75) is 20.4 Å². The molecule has 20 heavy (non-hydrogen) atoms. The third-order valence-electron chi connectivity index (χ3n) is 2.93. The Kier molecular flexibility index (Phi) is 4.14. The Hall–Kier alpha value is -2.63. The van der Waals surface area contributed by atoms with Gasteiger partial charge in [-0.3, -0.25) is 0 Å². The number of aromatic nitrogens is 2. The van der Waals surface area contributed by atoms with Crippen LogP contribution in [0.4, 0.5) is 16.3 Å². The predicted octanol–water partition coefficient (Wildman–Crippen LogP) is 2.20. The summed E-state index contributed by atoms with van der Waals surface area (Å²) in [5, 5.41) is 13.9. The van der Waals surface area contributed by atoms with Crippen molar-refractivity contribution in [2.24, 2.45) is 5.73 Å². The third kappa shape index (κ3) is 3.68. The maximum absolute atomic E-state index is 10.7. The zero-order chi connectivity index (χ0) is 14.5. The van der Waals surface area contributed by atoms with E-state index in [0.29, 0.717) is 12.2 Å². The Morgan fingerprint density at radius 3 is 2.50 bits per heavy atom. The molecule has 0 bridgehead atoms. The van der Waals surface area contributed by atoms with Gasteiger partial charge in [0.2, 0.25) is 0 Å². The summed E-state index contributed by atoms with van der Waals surface area (Å²) in [7, 11) is 0. The standard InChI is InChI=1S/C14H17N5O/c1-9-7-13(19-18-10(9)2)16-8-11-3-5-12(6-4-11)17-14(15)20/h3-7H,8H2,1-2H3,(H,16,19)(H3,15,17,20). The Morgan fingerprint density at radius 2 is 1.90 bits per heavy atom. The number of amides is 2. The molecule has 0 saturated carbocycles. The van der Waals surface area contributed by atoms with E-state index in [-0.39, 0.29) is 0 Å². The quantitative estimate of drug-likeness (QED) is 0.794. The summed E-state index contributed by atoms with van der Waals surface area (Å²) in [4.78, 5) is 10.7. The number of carbonyl (C=O) groups is 1. The normalized spacial score (nSPS) is 10.1. The SMILES string of the molecule is Cc1cc(NCc2ccc(NC(N)=O)cc2)nnc1C. The summed E-state index contributed by atoms with van der Waals surface area (Å²) in [6, 6.07) is 8.81. The Morgan fingerprint density at radius 1 is 1.20 bits per heavy atom. The van der Waals surface area contributed by atoms with Gasteiger partial charge in [-0.2, -0.15) is 5.10 Å². The molecule has 0 fully saturated rings. The van der Waals surface area contributed by atoms with Gasteiger partial charge in [-0.15, -0.1) is 5.10 Å². The largest absolute Gasteiger partial charge is 0.364 e. The molecule has 0 atom stereocenters. The van der Waals surface area contributed by atoms with Gasteiger partial charge in [-0.05, 0) is 43.2 Å². The van der Waals surface area contributed by atoms with E-state index in [1.807, 2.05) is 32.0 Å². The maximum Gasteiger partial charge on any atom is 0.316 e. The Balaban J connectivity index is 1.96. The van der Waals surface area contributed by atoms with Gasteiger partial charge in [-0.1, -0.05) is 12.1 Å². The zero-order valence-corrected chi connectivity index (χ0v) is 11.5. The van der Waals surface area contributed by atoms with Crippen molar-refractivity contribution in [1.82, 2.24) is 10.2 Å². The van der Waals surface area contributed by atoms with Crippen LogP contribution in [0.1, 0.15) is 16.8 Å². The number of aryl methyl sites for hydroxylation is 2. The van der Waals surface area contributed by atoms with Gasteiger partial charge in [0, 0.05) is 12.2 Å². The molecule has 0 saturated heterocycles. The van der Waals surface area contributed by atoms with E-state index in [9.17, 15) is 4.79 Å². The van der Waals surface area contributed by atoms with Gasteiger partial charge in [0.15, 0.2) is 0 Å². The minimum absolute atomic E-state index is 0.568. The summed E-state index contributed by atoms with van der Waals surface area (Å²) in [5.74, 6) is 0.743. The number of benzene rings is 1. The zero-order valence-electron chi connectivity index (χ0n) is 11.5. The van der Waals surface area contributed by atoms with E-state index in [2.05, 4.69) is 20.8 Å². The molecule has 1 aromatic carbocycles. The molecule has 0 aliphatic carbocycles. The Labute approximate surface area is 117 Å². The van der Waals surface area contributed by atoms with Crippen LogP contribution in [-0.4, -0.2) is 16.2 Å². The van der Waals surface area contributed by atoms with Crippen LogP contribution < -0.4 is 16.4 Å². The van der Waals surface area contributed by atoms with Crippen molar-refractivity contribution < 1.29 is 4.79 Å². The first-order chi connectivity index (χ1) is 9.54. The number of nitrogens with two attached hydrogens (primary N) is 1. The molecular weight excluding hydrogens is 254 g/mol. The third-order valence-corrected chi connectivity index (χ3v) is 2.93. The van der Waals surface area contributed by atoms with Crippen LogP contribution in [0.3, 0.4) is 0 Å². The number of primary amides is 1. The van der Waals surface area contributed by atoms with Crippen LogP contribution in [0.2, 0.25) is 0 Å². The van der Waals surface area contributed by atoms with Crippen LogP contribution in [0, 0.1) is 13.8 Å². The highest BCUT2D eigenvalue weighted by molar-refractivity contribution is 5.87. The summed E-state index contributed by atoms with van der Waals surface area (Å²) >= 11 is 0. The van der Waals surface area contributed by atoms with Crippen LogP contribution in [0.5, 0.6) is 0 Å². The Bertz CT molecular complexity index is 609. The highest BCUT2D eigenvalue weighted by Crippen LogP contribution is 2.12. The number of rotatable bonds is 4. The van der Waals surface area contributed by atoms with E-state index >= 15 is 0 Å². The number of anilines is 2. The number of hydrogen-bond acceptors (Lipinski definition) is 4. The maximum atomic E-state index is 10.7. The van der Waals surface area contributed by atoms with Gasteiger partial charge in [0.25, 0.3) is 0 Å². The molecule has 6 nitrogen and oxygen atoms in total. The number of urea groups is 1. The van der Waals surface area contributed by atoms with Crippen molar-refractivity contribution >= 4 is 17.5 Å². The fourth-order valence-corrected chi connectivity index (χ4v) is 1.67. The summed E-state index contributed by atoms with van der Waals surface area (Å²) in [5.41, 5.74) is 8.82. The van der Waals surface area contributed by atoms with E-state index in [0.717, 1.165) is 22.6 Å². The minimum atomic E-state index is -0.568. The smallest absolute Gasteiger partial charge is 0.316 e. The van der Waals surface area contributed by atoms with Crippen LogP contribution in [0.25, 0.3) is 0 Å². The molecular formula is C14H17N5O. The minimum Gasteiger partial charge on any atom is -0.364 e. The van der Waals surface area contributed by atoms with Crippen molar-refractivity contribution in [3.63, 3.8) is 0 Å². The van der Waals surface area contributed by atoms with E-state index in [1.165, 1.54) is 0 Å². The molecule has 1 heterocycles. The second kappa shape index (κ2) is 6.01. The lowest BCUT2D eigenvalue weighted by atomic mass is 10.2. The highest BCUT2D eigenvalue weighted by Gasteiger charge is 2.00. The lowest BCUT2D eigenvalue weighted by molar-refractivity contribution is 0.259. The van der Waals surface area contributed by atoms with Crippen LogP contribution in [-0.2, 0) is 6.54 Å². The average Bonchev–Trinajstić information content (AvgIpc) is 2.41. The van der Waals surface area contributed by atoms with Crippen molar-refractivity contribution in [3.05, 3.63) is 47.2 Å². The number of hydrogen-bond donors (Lipinski definition) is 3. The number of carbonyl (C=O) groups excluding carboxylic acids is 1. The van der Waals surface area contributed by atoms with Gasteiger partial charge in [-0.25, -0.2) is 4.79 Å². The monoisotopic (exact) mass is 271 g/mol. The second-order valence-corrected chi connectivity index (χ2v) is 4.54. The first-order valence-corrected chi connectivity index (χ1v) is 6.25. The average molecular weight is 271 g/mol. The molecule has 0 radical (unpaired) electrons. The van der Waals surface area contributed by atoms with E-state index < -0.39 is 6.03 Å². The lowest BCUT2D eigenvalue weighted by Crippen LogP contribution is -2.19. The van der Waals surface area contributed by atoms with E-state index in [1.54, 1.807) is 12.1 Å². The van der Waals surface area contributed by atoms with Gasteiger partial charge in [0.1, 0.15) is 5.82 Å².